The number of phenols is 2. The van der Waals surface area contributed by atoms with E-state index in [4.69, 9.17) is 9.56 Å². The fraction of sp³-hybridized carbons (Fsp3) is 0.586. The molecule has 0 saturated carbocycles. The lowest BCUT2D eigenvalue weighted by Crippen LogP contribution is -2.50. The lowest BCUT2D eigenvalue weighted by Gasteiger charge is -2.53. The van der Waals surface area contributed by atoms with Crippen LogP contribution in [0, 0.1) is 10.8 Å². The molecule has 0 saturated heterocycles. The average Bonchev–Trinajstić information content (AvgIpc) is 2.64. The normalized spacial score (nSPS) is 15.5. The maximum atomic E-state index is 14.3. The standard InChI is InChI=1S/C29H45O6P/c1-25(2,3)22-17-21(18-23(24(22)31)26(4,5)6)34-35-36(32,33)29(27(7,8)9,28(10,11)12)19-13-15-20(30)16-14-19/h13-18,30-31H,1-12H3,(H,32,33). The predicted molar refractivity (Wildman–Crippen MR) is 146 cm³/mol. The Morgan fingerprint density at radius 3 is 1.42 bits per heavy atom. The van der Waals surface area contributed by atoms with Crippen molar-refractivity contribution < 1.29 is 29.2 Å². The first-order valence-electron chi connectivity index (χ1n) is 12.3. The molecule has 7 heteroatoms. The van der Waals surface area contributed by atoms with Gasteiger partial charge in [-0.3, -0.25) is 4.57 Å². The summed E-state index contributed by atoms with van der Waals surface area (Å²) in [6, 6.07) is 9.64. The zero-order chi connectivity index (χ0) is 28.1. The molecule has 0 aliphatic carbocycles. The number of hydrogen-bond donors (Lipinski definition) is 3. The van der Waals surface area contributed by atoms with Gasteiger partial charge in [-0.15, -0.1) is 0 Å². The highest BCUT2D eigenvalue weighted by atomic mass is 31.2. The Bertz CT molecular complexity index is 1070. The Morgan fingerprint density at radius 1 is 0.694 bits per heavy atom. The minimum absolute atomic E-state index is 0.0638. The highest BCUT2D eigenvalue weighted by Crippen LogP contribution is 2.74. The van der Waals surface area contributed by atoms with E-state index in [9.17, 15) is 19.7 Å². The summed E-state index contributed by atoms with van der Waals surface area (Å²) in [7, 11) is -4.57. The van der Waals surface area contributed by atoms with Crippen LogP contribution < -0.4 is 4.89 Å². The predicted octanol–water partition coefficient (Wildman–Crippen LogP) is 8.18. The molecule has 6 nitrogen and oxygen atoms in total. The molecule has 0 heterocycles. The second-order valence-corrected chi connectivity index (χ2v) is 15.7. The van der Waals surface area contributed by atoms with Crippen LogP contribution in [0.5, 0.6) is 17.2 Å². The van der Waals surface area contributed by atoms with Crippen LogP contribution in [0.25, 0.3) is 0 Å². The molecular formula is C29H45O6P. The van der Waals surface area contributed by atoms with E-state index in [0.29, 0.717) is 16.7 Å². The van der Waals surface area contributed by atoms with Crippen molar-refractivity contribution in [1.82, 2.24) is 0 Å². The van der Waals surface area contributed by atoms with Crippen molar-refractivity contribution in [2.75, 3.05) is 0 Å². The minimum atomic E-state index is -4.57. The van der Waals surface area contributed by atoms with Gasteiger partial charge in [-0.2, -0.15) is 0 Å². The summed E-state index contributed by atoms with van der Waals surface area (Å²) in [5, 5.41) is 19.5. The van der Waals surface area contributed by atoms with Gasteiger partial charge in [0.1, 0.15) is 16.7 Å². The van der Waals surface area contributed by atoms with Crippen LogP contribution >= 0.6 is 7.60 Å². The van der Waals surface area contributed by atoms with E-state index in [-0.39, 0.29) is 17.2 Å². The molecule has 0 radical (unpaired) electrons. The Labute approximate surface area is 217 Å². The summed E-state index contributed by atoms with van der Waals surface area (Å²) in [4.78, 5) is 17.4. The third-order valence-electron chi connectivity index (χ3n) is 6.81. The number of aromatic hydroxyl groups is 2. The Kier molecular flexibility index (Phi) is 7.87. The first-order chi connectivity index (χ1) is 16.0. The van der Waals surface area contributed by atoms with E-state index in [1.165, 1.54) is 12.1 Å². The molecule has 0 amide bonds. The highest BCUT2D eigenvalue weighted by molar-refractivity contribution is 7.54. The smallest absolute Gasteiger partial charge is 0.377 e. The first-order valence-corrected chi connectivity index (χ1v) is 13.9. The molecular weight excluding hydrogens is 475 g/mol. The molecule has 0 aromatic heterocycles. The van der Waals surface area contributed by atoms with Gasteiger partial charge in [-0.1, -0.05) is 99.9 Å². The van der Waals surface area contributed by atoms with Crippen LogP contribution in [-0.4, -0.2) is 15.1 Å². The molecule has 0 fully saturated rings. The van der Waals surface area contributed by atoms with Gasteiger partial charge in [-0.05, 0) is 51.5 Å². The van der Waals surface area contributed by atoms with Crippen LogP contribution in [0.4, 0.5) is 0 Å². The quantitative estimate of drug-likeness (QED) is 0.209. The number of phenolic OH excluding ortho intramolecular Hbond substituents is 2. The van der Waals surface area contributed by atoms with Gasteiger partial charge in [0.2, 0.25) is 0 Å². The fourth-order valence-electron chi connectivity index (χ4n) is 5.65. The summed E-state index contributed by atoms with van der Waals surface area (Å²) < 4.78 is 19.9. The van der Waals surface area contributed by atoms with Crippen molar-refractivity contribution in [2.24, 2.45) is 10.8 Å². The maximum Gasteiger partial charge on any atom is 0.377 e. The molecule has 2 aromatic rings. The van der Waals surface area contributed by atoms with Gasteiger partial charge in [-0.25, -0.2) is 0 Å². The van der Waals surface area contributed by atoms with Crippen LogP contribution in [0.15, 0.2) is 36.4 Å². The summed E-state index contributed by atoms with van der Waals surface area (Å²) in [5.41, 5.74) is -0.449. The van der Waals surface area contributed by atoms with Crippen molar-refractivity contribution >= 4 is 7.60 Å². The fourth-order valence-corrected chi connectivity index (χ4v) is 8.12. The summed E-state index contributed by atoms with van der Waals surface area (Å²) >= 11 is 0. The second-order valence-electron chi connectivity index (χ2n) is 13.8. The Morgan fingerprint density at radius 2 is 1.08 bits per heavy atom. The zero-order valence-corrected chi connectivity index (χ0v) is 24.9. The molecule has 36 heavy (non-hydrogen) atoms. The molecule has 0 aliphatic rings. The molecule has 2 aromatic carbocycles. The van der Waals surface area contributed by atoms with Crippen LogP contribution in [0.1, 0.15) is 99.8 Å². The average molecular weight is 521 g/mol. The van der Waals surface area contributed by atoms with Gasteiger partial charge in [0, 0.05) is 11.1 Å². The van der Waals surface area contributed by atoms with Gasteiger partial charge in [0.25, 0.3) is 0 Å². The monoisotopic (exact) mass is 520 g/mol. The lowest BCUT2D eigenvalue weighted by atomic mass is 9.62. The third-order valence-corrected chi connectivity index (χ3v) is 9.54. The van der Waals surface area contributed by atoms with E-state index in [2.05, 4.69) is 0 Å². The molecule has 1 unspecified atom stereocenters. The van der Waals surface area contributed by atoms with E-state index in [1.54, 1.807) is 24.3 Å². The molecule has 3 N–H and O–H groups in total. The van der Waals surface area contributed by atoms with Crippen molar-refractivity contribution in [3.63, 3.8) is 0 Å². The SMILES string of the molecule is CC(C)(C)c1cc(OOP(=O)(O)C(c2ccc(O)cc2)(C(C)(C)C)C(C)(C)C)cc(C(C)(C)C)c1O. The number of rotatable bonds is 5. The molecule has 2 rings (SSSR count). The van der Waals surface area contributed by atoms with Gasteiger partial charge in [0.15, 0.2) is 5.75 Å². The van der Waals surface area contributed by atoms with E-state index in [0.717, 1.165) is 0 Å². The van der Waals surface area contributed by atoms with Crippen molar-refractivity contribution in [3.8, 4) is 17.2 Å². The topological polar surface area (TPSA) is 96.2 Å². The number of hydrogen-bond acceptors (Lipinski definition) is 5. The summed E-state index contributed by atoms with van der Waals surface area (Å²) in [6.07, 6.45) is 0. The highest BCUT2D eigenvalue weighted by Gasteiger charge is 2.65. The van der Waals surface area contributed by atoms with Gasteiger partial charge in [0.05, 0.1) is 0 Å². The van der Waals surface area contributed by atoms with Gasteiger partial charge < -0.3 is 20.0 Å². The maximum absolute atomic E-state index is 14.3. The van der Waals surface area contributed by atoms with Crippen molar-refractivity contribution in [2.45, 2.75) is 99.1 Å². The molecule has 0 aliphatic heterocycles. The molecule has 1 atom stereocenters. The largest absolute Gasteiger partial charge is 0.508 e. The van der Waals surface area contributed by atoms with Crippen LogP contribution in [-0.2, 0) is 25.2 Å². The van der Waals surface area contributed by atoms with Gasteiger partial charge >= 0.3 is 7.60 Å². The van der Waals surface area contributed by atoms with Crippen molar-refractivity contribution in [1.29, 1.82) is 0 Å². The first kappa shape index (κ1) is 30.2. The zero-order valence-electron chi connectivity index (χ0n) is 24.0. The van der Waals surface area contributed by atoms with Crippen LogP contribution in [0.3, 0.4) is 0 Å². The summed E-state index contributed by atoms with van der Waals surface area (Å²) in [6.45, 7) is 23.2. The van der Waals surface area contributed by atoms with Crippen molar-refractivity contribution in [3.05, 3.63) is 53.1 Å². The number of benzene rings is 2. The minimum Gasteiger partial charge on any atom is -0.508 e. The van der Waals surface area contributed by atoms with E-state index < -0.39 is 34.4 Å². The van der Waals surface area contributed by atoms with Crippen LogP contribution in [0.2, 0.25) is 0 Å². The third kappa shape index (κ3) is 5.46. The summed E-state index contributed by atoms with van der Waals surface area (Å²) in [5.74, 6) is 0.477. The Balaban J connectivity index is 2.71. The molecule has 0 bridgehead atoms. The second kappa shape index (κ2) is 9.38. The molecule has 202 valence electrons. The van der Waals surface area contributed by atoms with E-state index >= 15 is 0 Å². The molecule has 0 spiro atoms. The van der Waals surface area contributed by atoms with E-state index in [1.807, 2.05) is 83.1 Å². The lowest BCUT2D eigenvalue weighted by molar-refractivity contribution is -0.122. The Hall–Kier alpha value is -2.01.